The summed E-state index contributed by atoms with van der Waals surface area (Å²) in [5, 5.41) is 8.55. The first-order valence-electron chi connectivity index (χ1n) is 7.09. The van der Waals surface area contributed by atoms with Crippen LogP contribution in [0.3, 0.4) is 0 Å². The molecule has 2 heterocycles. The molecule has 3 rings (SSSR count). The van der Waals surface area contributed by atoms with E-state index in [0.717, 1.165) is 0 Å². The van der Waals surface area contributed by atoms with E-state index in [-0.39, 0.29) is 5.56 Å². The summed E-state index contributed by atoms with van der Waals surface area (Å²) >= 11 is 0. The van der Waals surface area contributed by atoms with Crippen LogP contribution < -0.4 is 26.1 Å². The molecule has 23 heavy (non-hydrogen) atoms. The second-order valence-electron chi connectivity index (χ2n) is 5.32. The number of aromatic nitrogens is 2. The average molecular weight is 317 g/mol. The molecule has 2 aromatic rings. The van der Waals surface area contributed by atoms with Crippen LogP contribution in [-0.4, -0.2) is 47.3 Å². The normalized spacial score (nSPS) is 15.0. The number of hydroxylamine groups is 1. The van der Waals surface area contributed by atoms with Gasteiger partial charge in [-0.15, -0.1) is 0 Å². The molecule has 1 fully saturated rings. The van der Waals surface area contributed by atoms with Gasteiger partial charge in [0.2, 0.25) is 16.8 Å². The first-order valence-corrected chi connectivity index (χ1v) is 7.09. The number of hydrogen-bond donors (Lipinski definition) is 2. The number of nitrogens with one attached hydrogen (secondary N) is 1. The van der Waals surface area contributed by atoms with Crippen molar-refractivity contribution in [2.45, 2.75) is 6.92 Å². The third kappa shape index (κ3) is 2.55. The highest BCUT2D eigenvalue weighted by molar-refractivity contribution is 5.92. The van der Waals surface area contributed by atoms with Crippen LogP contribution in [-0.2, 0) is 0 Å². The van der Waals surface area contributed by atoms with Gasteiger partial charge in [-0.3, -0.25) is 19.6 Å². The van der Waals surface area contributed by atoms with Gasteiger partial charge in [-0.2, -0.15) is 0 Å². The molecule has 0 aliphatic carbocycles. The summed E-state index contributed by atoms with van der Waals surface area (Å²) in [6, 6.07) is 0. The third-order valence-corrected chi connectivity index (χ3v) is 4.00. The Bertz CT molecular complexity index is 802. The van der Waals surface area contributed by atoms with Gasteiger partial charge in [0.25, 0.3) is 5.91 Å². The zero-order chi connectivity index (χ0) is 16.6. The van der Waals surface area contributed by atoms with Crippen molar-refractivity contribution < 1.29 is 10.0 Å². The maximum absolute atomic E-state index is 11.6. The average Bonchev–Trinajstić information content (AvgIpc) is 2.61. The summed E-state index contributed by atoms with van der Waals surface area (Å²) < 4.78 is 0. The molecular weight excluding hydrogens is 302 g/mol. The van der Waals surface area contributed by atoms with Crippen LogP contribution >= 0.6 is 0 Å². The van der Waals surface area contributed by atoms with Gasteiger partial charge in [0, 0.05) is 44.1 Å². The number of anilines is 2. The van der Waals surface area contributed by atoms with E-state index < -0.39 is 16.8 Å². The van der Waals surface area contributed by atoms with Crippen molar-refractivity contribution in [3.63, 3.8) is 0 Å². The molecule has 1 amide bonds. The smallest absolute Gasteiger partial charge is 0.277 e. The molecule has 1 aliphatic heterocycles. The van der Waals surface area contributed by atoms with Gasteiger partial charge in [-0.05, 0) is 6.92 Å². The third-order valence-electron chi connectivity index (χ3n) is 4.00. The number of nitrogens with zero attached hydrogens (tertiary/aromatic N) is 4. The van der Waals surface area contributed by atoms with E-state index in [9.17, 15) is 14.4 Å². The Labute approximate surface area is 130 Å². The van der Waals surface area contributed by atoms with Crippen molar-refractivity contribution in [1.82, 2.24) is 15.4 Å². The standard InChI is InChI=1S/C14H15N5O4/c1-8-10(12(21)11(8)20)18-2-4-19(5-3-18)14-15-6-9(7-16-14)13(22)17-23/h6-7,23H,2-5H2,1H3,(H,17,22). The van der Waals surface area contributed by atoms with Crippen LogP contribution in [0.5, 0.6) is 0 Å². The highest BCUT2D eigenvalue weighted by atomic mass is 16.5. The van der Waals surface area contributed by atoms with Gasteiger partial charge in [0.1, 0.15) is 0 Å². The molecule has 2 N–H and O–H groups in total. The van der Waals surface area contributed by atoms with Gasteiger partial charge in [0.15, 0.2) is 0 Å². The molecular formula is C14H15N5O4. The topological polar surface area (TPSA) is 116 Å². The van der Waals surface area contributed by atoms with Crippen molar-refractivity contribution in [3.05, 3.63) is 44.0 Å². The monoisotopic (exact) mass is 317 g/mol. The quantitative estimate of drug-likeness (QED) is 0.413. The molecule has 1 aromatic heterocycles. The molecule has 0 radical (unpaired) electrons. The molecule has 0 saturated carbocycles. The Morgan fingerprint density at radius 2 is 1.65 bits per heavy atom. The zero-order valence-electron chi connectivity index (χ0n) is 12.4. The Kier molecular flexibility index (Phi) is 3.78. The minimum absolute atomic E-state index is 0.161. The van der Waals surface area contributed by atoms with Crippen LogP contribution in [0.2, 0.25) is 0 Å². The Morgan fingerprint density at radius 1 is 1.09 bits per heavy atom. The fourth-order valence-electron chi connectivity index (χ4n) is 2.67. The van der Waals surface area contributed by atoms with Crippen LogP contribution in [0.1, 0.15) is 15.9 Å². The number of rotatable bonds is 3. The molecule has 0 spiro atoms. The van der Waals surface area contributed by atoms with E-state index in [1.165, 1.54) is 17.9 Å². The van der Waals surface area contributed by atoms with Gasteiger partial charge >= 0.3 is 0 Å². The maximum Gasteiger partial charge on any atom is 0.277 e. The molecule has 0 atom stereocenters. The van der Waals surface area contributed by atoms with Crippen molar-refractivity contribution in [3.8, 4) is 0 Å². The highest BCUT2D eigenvalue weighted by Crippen LogP contribution is 2.17. The summed E-state index contributed by atoms with van der Waals surface area (Å²) in [5.74, 6) is -0.196. The molecule has 0 bridgehead atoms. The zero-order valence-corrected chi connectivity index (χ0v) is 12.4. The summed E-state index contributed by atoms with van der Waals surface area (Å²) in [6.07, 6.45) is 2.67. The fraction of sp³-hybridized carbons (Fsp3) is 0.357. The molecule has 120 valence electrons. The lowest BCUT2D eigenvalue weighted by Gasteiger charge is -2.36. The van der Waals surface area contributed by atoms with E-state index in [4.69, 9.17) is 5.21 Å². The second kappa shape index (κ2) is 5.76. The summed E-state index contributed by atoms with van der Waals surface area (Å²) in [5.41, 5.74) is 1.92. The Balaban J connectivity index is 1.66. The molecule has 9 nitrogen and oxygen atoms in total. The minimum atomic E-state index is -0.669. The van der Waals surface area contributed by atoms with Crippen LogP contribution in [0, 0.1) is 6.92 Å². The summed E-state index contributed by atoms with van der Waals surface area (Å²) in [4.78, 5) is 46.2. The first-order chi connectivity index (χ1) is 11.0. The second-order valence-corrected chi connectivity index (χ2v) is 5.32. The van der Waals surface area contributed by atoms with Crippen molar-refractivity contribution in [2.75, 3.05) is 36.0 Å². The number of carbonyl (C=O) groups is 1. The summed E-state index contributed by atoms with van der Waals surface area (Å²) in [7, 11) is 0. The molecule has 9 heteroatoms. The molecule has 1 aliphatic rings. The van der Waals surface area contributed by atoms with Gasteiger partial charge in [-0.1, -0.05) is 0 Å². The van der Waals surface area contributed by atoms with Gasteiger partial charge < -0.3 is 9.80 Å². The maximum atomic E-state index is 11.6. The van der Waals surface area contributed by atoms with E-state index >= 15 is 0 Å². The SMILES string of the molecule is Cc1c(N2CCN(c3ncc(C(=O)NO)cn3)CC2)c(=O)c1=O. The number of amides is 1. The van der Waals surface area contributed by atoms with Gasteiger partial charge in [-0.25, -0.2) is 15.4 Å². The van der Waals surface area contributed by atoms with E-state index in [0.29, 0.717) is 43.4 Å². The molecule has 1 aromatic carbocycles. The van der Waals surface area contributed by atoms with E-state index in [1.54, 1.807) is 6.92 Å². The number of piperazine rings is 1. The van der Waals surface area contributed by atoms with Crippen molar-refractivity contribution >= 4 is 17.5 Å². The lowest BCUT2D eigenvalue weighted by molar-refractivity contribution is 0.0705. The largest absolute Gasteiger partial charge is 0.364 e. The van der Waals surface area contributed by atoms with Crippen molar-refractivity contribution in [2.24, 2.45) is 0 Å². The highest BCUT2D eigenvalue weighted by Gasteiger charge is 2.26. The van der Waals surface area contributed by atoms with Crippen LogP contribution in [0.25, 0.3) is 0 Å². The first kappa shape index (κ1) is 15.1. The van der Waals surface area contributed by atoms with Crippen molar-refractivity contribution in [1.29, 1.82) is 0 Å². The fourth-order valence-corrected chi connectivity index (χ4v) is 2.67. The number of hydrogen-bond acceptors (Lipinski definition) is 8. The Hall–Kier alpha value is -2.81. The number of carbonyl (C=O) groups excluding carboxylic acids is 1. The molecule has 0 unspecified atom stereocenters. The van der Waals surface area contributed by atoms with Crippen LogP contribution in [0.4, 0.5) is 11.6 Å². The minimum Gasteiger partial charge on any atom is -0.364 e. The van der Waals surface area contributed by atoms with E-state index in [1.807, 2.05) is 9.80 Å². The Morgan fingerprint density at radius 3 is 2.17 bits per heavy atom. The molecule has 1 saturated heterocycles. The van der Waals surface area contributed by atoms with Crippen LogP contribution in [0.15, 0.2) is 22.0 Å². The van der Waals surface area contributed by atoms with Gasteiger partial charge in [0.05, 0.1) is 11.3 Å². The lowest BCUT2D eigenvalue weighted by atomic mass is 10.1. The lowest BCUT2D eigenvalue weighted by Crippen LogP contribution is -2.52. The predicted molar refractivity (Wildman–Crippen MR) is 81.8 cm³/mol. The summed E-state index contributed by atoms with van der Waals surface area (Å²) in [6.45, 7) is 4.05. The van der Waals surface area contributed by atoms with E-state index in [2.05, 4.69) is 9.97 Å². The predicted octanol–water partition coefficient (Wildman–Crippen LogP) is -1.17.